The Morgan fingerprint density at radius 2 is 0.830 bits per heavy atom. The van der Waals surface area contributed by atoms with Crippen LogP contribution in [0, 0.1) is 0 Å². The molecule has 1 aliphatic heterocycles. The summed E-state index contributed by atoms with van der Waals surface area (Å²) in [7, 11) is 0. The average Bonchev–Trinajstić information content (AvgIpc) is 3.22. The van der Waals surface area contributed by atoms with Crippen LogP contribution in [-0.4, -0.2) is 4.98 Å². The maximum atomic E-state index is 6.97. The Bertz CT molecular complexity index is 3370. The van der Waals surface area contributed by atoms with Gasteiger partial charge in [-0.1, -0.05) is 140 Å². The summed E-state index contributed by atoms with van der Waals surface area (Å²) in [6.45, 7) is 0. The molecule has 1 aliphatic rings. The number of ether oxygens (including phenoxy) is 1. The molecule has 0 saturated heterocycles. The Hall–Kier alpha value is -7.03. The molecule has 0 aliphatic carbocycles. The molecule has 0 spiro atoms. The third-order valence-corrected chi connectivity index (χ3v) is 11.5. The van der Waals surface area contributed by atoms with Crippen molar-refractivity contribution in [1.82, 2.24) is 4.98 Å². The van der Waals surface area contributed by atoms with E-state index in [1.165, 1.54) is 70.6 Å². The van der Waals surface area contributed by atoms with Gasteiger partial charge < -0.3 is 4.74 Å². The van der Waals surface area contributed by atoms with Crippen LogP contribution in [0.25, 0.3) is 109 Å². The van der Waals surface area contributed by atoms with Crippen molar-refractivity contribution < 1.29 is 4.74 Å². The van der Waals surface area contributed by atoms with Crippen LogP contribution < -0.4 is 4.74 Å². The van der Waals surface area contributed by atoms with Gasteiger partial charge >= 0.3 is 0 Å². The van der Waals surface area contributed by atoms with Crippen LogP contribution in [0.2, 0.25) is 0 Å². The maximum absolute atomic E-state index is 6.97. The Labute approximate surface area is 305 Å². The van der Waals surface area contributed by atoms with Crippen molar-refractivity contribution in [1.29, 1.82) is 0 Å². The van der Waals surface area contributed by atoms with E-state index in [1.807, 2.05) is 12.4 Å². The Balaban J connectivity index is 1.17. The summed E-state index contributed by atoms with van der Waals surface area (Å²) in [4.78, 5) is 4.79. The highest BCUT2D eigenvalue weighted by Crippen LogP contribution is 2.53. The lowest BCUT2D eigenvalue weighted by Crippen LogP contribution is -2.00. The summed E-state index contributed by atoms with van der Waals surface area (Å²) in [5, 5.41) is 16.9. The molecular weight excluding hydrogens is 643 g/mol. The topological polar surface area (TPSA) is 22.1 Å². The fourth-order valence-corrected chi connectivity index (χ4v) is 9.19. The number of hydrogen-bond donors (Lipinski definition) is 0. The Morgan fingerprint density at radius 3 is 1.55 bits per heavy atom. The van der Waals surface area contributed by atoms with Gasteiger partial charge in [0.15, 0.2) is 0 Å². The van der Waals surface area contributed by atoms with Gasteiger partial charge in [-0.3, -0.25) is 4.98 Å². The molecule has 10 aromatic carbocycles. The minimum Gasteiger partial charge on any atom is -0.456 e. The van der Waals surface area contributed by atoms with Gasteiger partial charge in [0.25, 0.3) is 0 Å². The van der Waals surface area contributed by atoms with E-state index in [0.29, 0.717) is 0 Å². The highest BCUT2D eigenvalue weighted by molar-refractivity contribution is 6.26. The molecule has 0 amide bonds. The fourth-order valence-electron chi connectivity index (χ4n) is 9.19. The predicted molar refractivity (Wildman–Crippen MR) is 223 cm³/mol. The van der Waals surface area contributed by atoms with E-state index in [-0.39, 0.29) is 0 Å². The number of rotatable bonds is 2. The first-order valence-electron chi connectivity index (χ1n) is 18.2. The normalized spacial score (nSPS) is 12.3. The van der Waals surface area contributed by atoms with Crippen LogP contribution in [0.1, 0.15) is 0 Å². The second-order valence-corrected chi connectivity index (χ2v) is 14.2. The van der Waals surface area contributed by atoms with Gasteiger partial charge in [-0.15, -0.1) is 0 Å². The molecule has 0 N–H and O–H groups in total. The highest BCUT2D eigenvalue weighted by Gasteiger charge is 2.26. The molecule has 0 unspecified atom stereocenters. The minimum absolute atomic E-state index is 0.858. The van der Waals surface area contributed by atoms with E-state index in [0.717, 1.165) is 49.7 Å². The zero-order valence-corrected chi connectivity index (χ0v) is 28.6. The first-order valence-corrected chi connectivity index (χ1v) is 18.2. The summed E-state index contributed by atoms with van der Waals surface area (Å²) >= 11 is 0. The summed E-state index contributed by atoms with van der Waals surface area (Å²) in [5.41, 5.74) is 7.07. The molecule has 1 aromatic heterocycles. The highest BCUT2D eigenvalue weighted by atomic mass is 16.5. The van der Waals surface area contributed by atoms with Gasteiger partial charge in [0.1, 0.15) is 11.5 Å². The van der Waals surface area contributed by atoms with Crippen molar-refractivity contribution in [3.8, 4) is 44.9 Å². The smallest absolute Gasteiger partial charge is 0.136 e. The van der Waals surface area contributed by atoms with E-state index in [1.54, 1.807) is 0 Å². The molecule has 0 bridgehead atoms. The zero-order valence-electron chi connectivity index (χ0n) is 28.6. The van der Waals surface area contributed by atoms with Gasteiger partial charge in [0.2, 0.25) is 0 Å². The Kier molecular flexibility index (Phi) is 5.80. The predicted octanol–water partition coefficient (Wildman–Crippen LogP) is 14.3. The molecule has 2 heteroatoms. The van der Waals surface area contributed by atoms with Crippen molar-refractivity contribution in [3.05, 3.63) is 176 Å². The van der Waals surface area contributed by atoms with Crippen molar-refractivity contribution in [2.45, 2.75) is 0 Å². The molecule has 2 heterocycles. The van der Waals surface area contributed by atoms with E-state index in [4.69, 9.17) is 9.72 Å². The number of aromatic nitrogens is 1. The molecule has 0 saturated carbocycles. The van der Waals surface area contributed by atoms with Gasteiger partial charge in [0, 0.05) is 34.3 Å². The molecule has 12 rings (SSSR count). The van der Waals surface area contributed by atoms with Crippen molar-refractivity contribution in [2.75, 3.05) is 0 Å². The Morgan fingerprint density at radius 1 is 0.302 bits per heavy atom. The standard InChI is InChI=1S/C51H29NO/c1-3-15-32-30(12-1)14-11-23-34(32)41-25-42-37-19-7-8-20-38(37)44(26-43(42)36-18-6-5-17-35(36)41)45-27-49-50(40-22-10-9-21-39(40)45)47-29-52-28-46-33-16-4-2-13-31(33)24-48(53-49)51(46)47/h1-29H. The first kappa shape index (κ1) is 28.6. The quantitative estimate of drug-likeness (QED) is 0.171. The number of nitrogens with zero attached hydrogens (tertiary/aromatic N) is 1. The zero-order chi connectivity index (χ0) is 34.6. The van der Waals surface area contributed by atoms with Crippen LogP contribution in [0.15, 0.2) is 176 Å². The second-order valence-electron chi connectivity index (χ2n) is 14.2. The maximum Gasteiger partial charge on any atom is 0.136 e. The summed E-state index contributed by atoms with van der Waals surface area (Å²) in [6, 6.07) is 59.7. The van der Waals surface area contributed by atoms with Crippen LogP contribution in [0.5, 0.6) is 11.5 Å². The third kappa shape index (κ3) is 4.01. The first-order chi connectivity index (χ1) is 26.3. The minimum atomic E-state index is 0.858. The van der Waals surface area contributed by atoms with E-state index in [2.05, 4.69) is 164 Å². The van der Waals surface area contributed by atoms with Crippen LogP contribution >= 0.6 is 0 Å². The van der Waals surface area contributed by atoms with Crippen molar-refractivity contribution in [2.24, 2.45) is 0 Å². The largest absolute Gasteiger partial charge is 0.456 e. The van der Waals surface area contributed by atoms with Crippen molar-refractivity contribution in [3.63, 3.8) is 0 Å². The molecule has 0 fully saturated rings. The van der Waals surface area contributed by atoms with Gasteiger partial charge in [-0.25, -0.2) is 0 Å². The van der Waals surface area contributed by atoms with E-state index in [9.17, 15) is 0 Å². The molecule has 2 nitrogen and oxygen atoms in total. The van der Waals surface area contributed by atoms with E-state index >= 15 is 0 Å². The monoisotopic (exact) mass is 671 g/mol. The molecule has 11 aromatic rings. The molecule has 53 heavy (non-hydrogen) atoms. The number of benzene rings is 10. The van der Waals surface area contributed by atoms with Gasteiger partial charge in [-0.05, 0) is 111 Å². The second kappa shape index (κ2) is 10.7. The fraction of sp³-hybridized carbons (Fsp3) is 0. The van der Waals surface area contributed by atoms with Crippen LogP contribution in [-0.2, 0) is 0 Å². The van der Waals surface area contributed by atoms with E-state index < -0.39 is 0 Å². The van der Waals surface area contributed by atoms with Gasteiger partial charge in [-0.2, -0.15) is 0 Å². The summed E-state index contributed by atoms with van der Waals surface area (Å²) in [6.07, 6.45) is 3.99. The molecule has 244 valence electrons. The lowest BCUT2D eigenvalue weighted by atomic mass is 9.84. The SMILES string of the molecule is c1ccc2c(-c3cc4c5ccccc5c(-c5cc6c(c7ccccc57)-c5cncc7c5c(cc5ccccc57)O6)cc4c4ccccc34)cccc2c1. The number of fused-ring (bicyclic) bond motifs is 12. The molecule has 0 atom stereocenters. The lowest BCUT2D eigenvalue weighted by molar-refractivity contribution is 0.488. The lowest BCUT2D eigenvalue weighted by Gasteiger charge is -2.25. The summed E-state index contributed by atoms with van der Waals surface area (Å²) in [5.74, 6) is 1.73. The third-order valence-electron chi connectivity index (χ3n) is 11.5. The molecule has 0 radical (unpaired) electrons. The summed E-state index contributed by atoms with van der Waals surface area (Å²) < 4.78 is 6.97. The average molecular weight is 672 g/mol. The molecular formula is C51H29NO. The van der Waals surface area contributed by atoms with Crippen LogP contribution in [0.3, 0.4) is 0 Å². The van der Waals surface area contributed by atoms with Gasteiger partial charge in [0.05, 0.1) is 0 Å². The number of hydrogen-bond acceptors (Lipinski definition) is 2. The van der Waals surface area contributed by atoms with Crippen molar-refractivity contribution >= 4 is 75.4 Å². The number of pyridine rings is 1. The van der Waals surface area contributed by atoms with Crippen LogP contribution in [0.4, 0.5) is 0 Å².